The van der Waals surface area contributed by atoms with E-state index in [9.17, 15) is 4.79 Å². The molecule has 2 aromatic carbocycles. The zero-order valence-corrected chi connectivity index (χ0v) is 15.4. The van der Waals surface area contributed by atoms with Gasteiger partial charge in [-0.2, -0.15) is 0 Å². The van der Waals surface area contributed by atoms with E-state index in [1.54, 1.807) is 0 Å². The maximum Gasteiger partial charge on any atom is 0.222 e. The molecule has 140 valence electrons. The van der Waals surface area contributed by atoms with Gasteiger partial charge in [0.05, 0.1) is 19.3 Å². The number of carbonyl (C=O) groups excluding carboxylic acids is 1. The van der Waals surface area contributed by atoms with Gasteiger partial charge in [-0.1, -0.05) is 48.5 Å². The Morgan fingerprint density at radius 2 is 1.85 bits per heavy atom. The van der Waals surface area contributed by atoms with Gasteiger partial charge in [0.2, 0.25) is 5.91 Å². The predicted molar refractivity (Wildman–Crippen MR) is 104 cm³/mol. The van der Waals surface area contributed by atoms with Gasteiger partial charge < -0.3 is 20.1 Å². The van der Waals surface area contributed by atoms with E-state index in [0.717, 1.165) is 17.9 Å². The number of nitrogens with one attached hydrogen (secondary N) is 2. The van der Waals surface area contributed by atoms with Crippen LogP contribution in [0, 0.1) is 0 Å². The van der Waals surface area contributed by atoms with Gasteiger partial charge >= 0.3 is 0 Å². The van der Waals surface area contributed by atoms with Gasteiger partial charge in [-0.25, -0.2) is 0 Å². The molecule has 1 fully saturated rings. The van der Waals surface area contributed by atoms with Crippen LogP contribution in [-0.2, 0) is 9.53 Å². The summed E-state index contributed by atoms with van der Waals surface area (Å²) >= 11 is 0. The maximum absolute atomic E-state index is 12.4. The standard InChI is InChI=1S/C20H24N2O3.ClH/c23-20(13-17-14-24-12-11-21-17)22-19(16-7-3-1-4-8-16)15-25-18-9-5-2-6-10-18;/h1-10,17,19,21H,11-15H2,(H,22,23);1H. The molecule has 26 heavy (non-hydrogen) atoms. The summed E-state index contributed by atoms with van der Waals surface area (Å²) in [6.07, 6.45) is 0.397. The Hall–Kier alpha value is -2.08. The van der Waals surface area contributed by atoms with E-state index in [4.69, 9.17) is 9.47 Å². The Labute approximate surface area is 160 Å². The van der Waals surface area contributed by atoms with Gasteiger partial charge in [-0.3, -0.25) is 4.79 Å². The SMILES string of the molecule is Cl.O=C(CC1COCCN1)NC(COc1ccccc1)c1ccccc1. The summed E-state index contributed by atoms with van der Waals surface area (Å²) < 4.78 is 11.3. The largest absolute Gasteiger partial charge is 0.491 e. The highest BCUT2D eigenvalue weighted by Gasteiger charge is 2.20. The molecule has 1 heterocycles. The Balaban J connectivity index is 0.00000243. The van der Waals surface area contributed by atoms with E-state index in [-0.39, 0.29) is 30.4 Å². The van der Waals surface area contributed by atoms with Crippen molar-refractivity contribution in [3.05, 3.63) is 66.2 Å². The lowest BCUT2D eigenvalue weighted by molar-refractivity contribution is -0.123. The average molecular weight is 377 g/mol. The van der Waals surface area contributed by atoms with Crippen LogP contribution in [0.25, 0.3) is 0 Å². The van der Waals surface area contributed by atoms with Crippen LogP contribution in [0.3, 0.4) is 0 Å². The number of hydrogen-bond acceptors (Lipinski definition) is 4. The molecule has 5 nitrogen and oxygen atoms in total. The lowest BCUT2D eigenvalue weighted by Crippen LogP contribution is -2.45. The third kappa shape index (κ3) is 6.33. The third-order valence-electron chi connectivity index (χ3n) is 4.13. The minimum atomic E-state index is -0.196. The van der Waals surface area contributed by atoms with Gasteiger partial charge in [-0.05, 0) is 17.7 Å². The summed E-state index contributed by atoms with van der Waals surface area (Å²) in [4.78, 5) is 12.4. The topological polar surface area (TPSA) is 59.6 Å². The number of carbonyl (C=O) groups is 1. The zero-order valence-electron chi connectivity index (χ0n) is 14.6. The maximum atomic E-state index is 12.4. The molecule has 2 aromatic rings. The zero-order chi connectivity index (χ0) is 17.3. The number of morpholine rings is 1. The van der Waals surface area contributed by atoms with Crippen LogP contribution < -0.4 is 15.4 Å². The van der Waals surface area contributed by atoms with Gasteiger partial charge in [-0.15, -0.1) is 12.4 Å². The lowest BCUT2D eigenvalue weighted by atomic mass is 10.1. The summed E-state index contributed by atoms with van der Waals surface area (Å²) in [6.45, 7) is 2.45. The Bertz CT molecular complexity index is 649. The molecule has 0 saturated carbocycles. The molecule has 0 aromatic heterocycles. The summed E-state index contributed by atoms with van der Waals surface area (Å²) in [7, 11) is 0. The van der Waals surface area contributed by atoms with E-state index in [1.165, 1.54) is 0 Å². The van der Waals surface area contributed by atoms with Gasteiger partial charge in [0.1, 0.15) is 12.4 Å². The minimum absolute atomic E-state index is 0. The van der Waals surface area contributed by atoms with Crippen molar-refractivity contribution >= 4 is 18.3 Å². The second kappa shape index (κ2) is 10.8. The highest BCUT2D eigenvalue weighted by Crippen LogP contribution is 2.16. The number of hydrogen-bond donors (Lipinski definition) is 2. The molecular weight excluding hydrogens is 352 g/mol. The van der Waals surface area contributed by atoms with Crippen LogP contribution in [0.1, 0.15) is 18.0 Å². The Kier molecular flexibility index (Phi) is 8.41. The van der Waals surface area contributed by atoms with Gasteiger partial charge in [0, 0.05) is 19.0 Å². The highest BCUT2D eigenvalue weighted by atomic mass is 35.5. The number of amides is 1. The van der Waals surface area contributed by atoms with E-state index < -0.39 is 0 Å². The summed E-state index contributed by atoms with van der Waals surface area (Å²) in [5, 5.41) is 6.40. The molecule has 0 aliphatic carbocycles. The first-order valence-electron chi connectivity index (χ1n) is 8.64. The van der Waals surface area contributed by atoms with Crippen LogP contribution in [0.15, 0.2) is 60.7 Å². The first-order valence-corrected chi connectivity index (χ1v) is 8.64. The number of rotatable bonds is 7. The fourth-order valence-electron chi connectivity index (χ4n) is 2.83. The van der Waals surface area contributed by atoms with Crippen LogP contribution in [-0.4, -0.2) is 38.3 Å². The van der Waals surface area contributed by atoms with Crippen molar-refractivity contribution in [1.82, 2.24) is 10.6 Å². The molecule has 1 aliphatic heterocycles. The average Bonchev–Trinajstić information content (AvgIpc) is 2.67. The molecule has 0 spiro atoms. The molecule has 6 heteroatoms. The monoisotopic (exact) mass is 376 g/mol. The van der Waals surface area contributed by atoms with Crippen molar-refractivity contribution in [2.45, 2.75) is 18.5 Å². The molecule has 1 aliphatic rings. The smallest absolute Gasteiger partial charge is 0.222 e. The van der Waals surface area contributed by atoms with Crippen molar-refractivity contribution < 1.29 is 14.3 Å². The van der Waals surface area contributed by atoms with Crippen molar-refractivity contribution in [3.8, 4) is 5.75 Å². The Morgan fingerprint density at radius 1 is 1.15 bits per heavy atom. The molecule has 0 radical (unpaired) electrons. The quantitative estimate of drug-likeness (QED) is 0.780. The van der Waals surface area contributed by atoms with Crippen molar-refractivity contribution in [1.29, 1.82) is 0 Å². The molecule has 1 saturated heterocycles. The van der Waals surface area contributed by atoms with E-state index >= 15 is 0 Å². The van der Waals surface area contributed by atoms with Crippen LogP contribution in [0.4, 0.5) is 0 Å². The molecule has 0 bridgehead atoms. The first kappa shape index (κ1) is 20.2. The second-order valence-electron chi connectivity index (χ2n) is 6.08. The van der Waals surface area contributed by atoms with E-state index in [0.29, 0.717) is 26.2 Å². The van der Waals surface area contributed by atoms with Gasteiger partial charge in [0.25, 0.3) is 0 Å². The van der Waals surface area contributed by atoms with Crippen LogP contribution in [0.2, 0.25) is 0 Å². The number of benzene rings is 2. The summed E-state index contributed by atoms with van der Waals surface area (Å²) in [6, 6.07) is 19.4. The number of para-hydroxylation sites is 1. The van der Waals surface area contributed by atoms with Crippen LogP contribution >= 0.6 is 12.4 Å². The number of ether oxygens (including phenoxy) is 2. The summed E-state index contributed by atoms with van der Waals surface area (Å²) in [5.41, 5.74) is 1.03. The third-order valence-corrected chi connectivity index (χ3v) is 4.13. The minimum Gasteiger partial charge on any atom is -0.491 e. The molecule has 2 N–H and O–H groups in total. The highest BCUT2D eigenvalue weighted by molar-refractivity contribution is 5.85. The first-order chi connectivity index (χ1) is 12.3. The molecular formula is C20H25ClN2O3. The fraction of sp³-hybridized carbons (Fsp3) is 0.350. The number of halogens is 1. The van der Waals surface area contributed by atoms with Gasteiger partial charge in [0.15, 0.2) is 0 Å². The van der Waals surface area contributed by atoms with E-state index in [2.05, 4.69) is 10.6 Å². The fourth-order valence-corrected chi connectivity index (χ4v) is 2.83. The lowest BCUT2D eigenvalue weighted by Gasteiger charge is -2.25. The van der Waals surface area contributed by atoms with Crippen molar-refractivity contribution in [2.24, 2.45) is 0 Å². The molecule has 3 rings (SSSR count). The van der Waals surface area contributed by atoms with E-state index in [1.807, 2.05) is 60.7 Å². The molecule has 2 atom stereocenters. The van der Waals surface area contributed by atoms with Crippen molar-refractivity contribution in [2.75, 3.05) is 26.4 Å². The molecule has 2 unspecified atom stereocenters. The normalized spacial score (nSPS) is 17.6. The van der Waals surface area contributed by atoms with Crippen LogP contribution in [0.5, 0.6) is 5.75 Å². The predicted octanol–water partition coefficient (Wildman–Crippen LogP) is 2.72. The second-order valence-corrected chi connectivity index (χ2v) is 6.08. The Morgan fingerprint density at radius 3 is 2.50 bits per heavy atom. The van der Waals surface area contributed by atoms with Crippen molar-refractivity contribution in [3.63, 3.8) is 0 Å². The molecule has 1 amide bonds. The summed E-state index contributed by atoms with van der Waals surface area (Å²) in [5.74, 6) is 0.786.